The normalized spacial score (nSPS) is 12.8. The molecular weight excluding hydrogens is 228 g/mol. The maximum absolute atomic E-state index is 5.50. The molecule has 1 atom stereocenters. The first-order chi connectivity index (χ1) is 8.74. The zero-order chi connectivity index (χ0) is 13.0. The van der Waals surface area contributed by atoms with Gasteiger partial charge in [-0.15, -0.1) is 5.10 Å². The van der Waals surface area contributed by atoms with Crippen molar-refractivity contribution >= 4 is 0 Å². The second kappa shape index (κ2) is 5.82. The molecule has 0 aliphatic rings. The van der Waals surface area contributed by atoms with Gasteiger partial charge in [0.1, 0.15) is 5.76 Å². The third-order valence-corrected chi connectivity index (χ3v) is 2.99. The first-order valence-corrected chi connectivity index (χ1v) is 6.39. The van der Waals surface area contributed by atoms with Crippen LogP contribution < -0.4 is 5.32 Å². The van der Waals surface area contributed by atoms with Crippen molar-refractivity contribution in [2.45, 2.75) is 32.7 Å². The van der Waals surface area contributed by atoms with Crippen LogP contribution in [0.1, 0.15) is 36.9 Å². The van der Waals surface area contributed by atoms with Gasteiger partial charge < -0.3 is 9.73 Å². The minimum Gasteiger partial charge on any atom is -0.469 e. The summed E-state index contributed by atoms with van der Waals surface area (Å²) < 4.78 is 7.23. The molecule has 0 saturated carbocycles. The first-order valence-electron chi connectivity index (χ1n) is 6.39. The van der Waals surface area contributed by atoms with E-state index in [1.54, 1.807) is 10.9 Å². The van der Waals surface area contributed by atoms with E-state index in [9.17, 15) is 0 Å². The number of likely N-dealkylation sites (N-methyl/N-ethyl adjacent to an activating group) is 1. The van der Waals surface area contributed by atoms with Crippen LogP contribution >= 0.6 is 0 Å². The summed E-state index contributed by atoms with van der Waals surface area (Å²) in [6.45, 7) is 5.13. The Bertz CT molecular complexity index is 489. The van der Waals surface area contributed by atoms with Gasteiger partial charge in [0.2, 0.25) is 0 Å². The summed E-state index contributed by atoms with van der Waals surface area (Å²) in [4.78, 5) is 0. The predicted octanol–water partition coefficient (Wildman–Crippen LogP) is 1.86. The Kier molecular flexibility index (Phi) is 4.15. The van der Waals surface area contributed by atoms with Crippen LogP contribution in [0.3, 0.4) is 0 Å². The highest BCUT2D eigenvalue weighted by atomic mass is 16.3. The van der Waals surface area contributed by atoms with Crippen molar-refractivity contribution in [3.63, 3.8) is 0 Å². The van der Waals surface area contributed by atoms with E-state index in [2.05, 4.69) is 29.5 Å². The lowest BCUT2D eigenvalue weighted by atomic mass is 10.0. The minimum absolute atomic E-state index is 0.236. The molecule has 2 heterocycles. The fourth-order valence-corrected chi connectivity index (χ4v) is 2.18. The van der Waals surface area contributed by atoms with Crippen LogP contribution in [-0.4, -0.2) is 21.5 Å². The molecule has 1 unspecified atom stereocenters. The Morgan fingerprint density at radius 1 is 1.44 bits per heavy atom. The van der Waals surface area contributed by atoms with Crippen molar-refractivity contribution < 1.29 is 4.42 Å². The van der Waals surface area contributed by atoms with Crippen LogP contribution in [0.15, 0.2) is 22.9 Å². The van der Waals surface area contributed by atoms with E-state index in [4.69, 9.17) is 4.42 Å². The third-order valence-electron chi connectivity index (χ3n) is 2.99. The van der Waals surface area contributed by atoms with Gasteiger partial charge in [-0.05, 0) is 12.6 Å². The molecule has 98 valence electrons. The van der Waals surface area contributed by atoms with E-state index >= 15 is 0 Å². The lowest BCUT2D eigenvalue weighted by molar-refractivity contribution is 0.485. The quantitative estimate of drug-likeness (QED) is 0.848. The Balaban J connectivity index is 2.17. The number of aryl methyl sites for hydroxylation is 2. The lowest BCUT2D eigenvalue weighted by Crippen LogP contribution is -2.23. The van der Waals surface area contributed by atoms with Crippen molar-refractivity contribution in [3.05, 3.63) is 35.5 Å². The van der Waals surface area contributed by atoms with Gasteiger partial charge in [0.05, 0.1) is 12.0 Å². The average molecular weight is 248 g/mol. The van der Waals surface area contributed by atoms with E-state index in [1.165, 1.54) is 5.56 Å². The van der Waals surface area contributed by atoms with Gasteiger partial charge in [-0.1, -0.05) is 19.1 Å². The summed E-state index contributed by atoms with van der Waals surface area (Å²) in [5.74, 6) is 1.05. The number of furan rings is 1. The number of rotatable bonds is 6. The van der Waals surface area contributed by atoms with Crippen LogP contribution in [0.4, 0.5) is 0 Å². The number of hydrogen-bond donors (Lipinski definition) is 1. The molecule has 2 aromatic rings. The smallest absolute Gasteiger partial charge is 0.108 e. The van der Waals surface area contributed by atoms with Crippen molar-refractivity contribution in [1.82, 2.24) is 20.3 Å². The Labute approximate surface area is 107 Å². The topological polar surface area (TPSA) is 55.9 Å². The molecule has 2 rings (SSSR count). The minimum atomic E-state index is 0.236. The molecule has 0 amide bonds. The van der Waals surface area contributed by atoms with E-state index in [0.29, 0.717) is 0 Å². The van der Waals surface area contributed by atoms with Gasteiger partial charge >= 0.3 is 0 Å². The number of nitrogens with zero attached hydrogens (tertiary/aromatic N) is 3. The summed E-state index contributed by atoms with van der Waals surface area (Å²) in [5.41, 5.74) is 2.22. The highest BCUT2D eigenvalue weighted by Gasteiger charge is 2.18. The second-order valence-corrected chi connectivity index (χ2v) is 4.35. The monoisotopic (exact) mass is 248 g/mol. The molecule has 0 fully saturated rings. The Hall–Kier alpha value is -1.62. The zero-order valence-electron chi connectivity index (χ0n) is 11.2. The standard InChI is InChI=1S/C13H20N4O/c1-4-13-11(6-7-18-13)12(14-5-2)8-10-9-17(3)16-15-10/h6-7,9,12,14H,4-5,8H2,1-3H3. The van der Waals surface area contributed by atoms with Crippen molar-refractivity contribution in [2.24, 2.45) is 7.05 Å². The highest BCUT2D eigenvalue weighted by Crippen LogP contribution is 2.23. The number of hydrogen-bond acceptors (Lipinski definition) is 4. The molecule has 0 bridgehead atoms. The molecule has 0 aliphatic carbocycles. The van der Waals surface area contributed by atoms with E-state index in [0.717, 1.165) is 30.8 Å². The molecule has 5 heteroatoms. The summed E-state index contributed by atoms with van der Waals surface area (Å²) in [6.07, 6.45) is 5.45. The second-order valence-electron chi connectivity index (χ2n) is 4.35. The van der Waals surface area contributed by atoms with Crippen LogP contribution in [0.2, 0.25) is 0 Å². The maximum Gasteiger partial charge on any atom is 0.108 e. The van der Waals surface area contributed by atoms with Gasteiger partial charge in [0.25, 0.3) is 0 Å². The van der Waals surface area contributed by atoms with Gasteiger partial charge in [-0.25, -0.2) is 0 Å². The fourth-order valence-electron chi connectivity index (χ4n) is 2.18. The molecule has 0 aromatic carbocycles. The molecule has 5 nitrogen and oxygen atoms in total. The number of aromatic nitrogens is 3. The van der Waals surface area contributed by atoms with E-state index in [-0.39, 0.29) is 6.04 Å². The lowest BCUT2D eigenvalue weighted by Gasteiger charge is -2.16. The van der Waals surface area contributed by atoms with Gasteiger partial charge in [0, 0.05) is 37.7 Å². The van der Waals surface area contributed by atoms with Crippen LogP contribution in [-0.2, 0) is 19.9 Å². The average Bonchev–Trinajstić information content (AvgIpc) is 2.97. The SMILES string of the molecule is CCNC(Cc1cn(C)nn1)c1ccoc1CC. The van der Waals surface area contributed by atoms with Gasteiger partial charge in [-0.2, -0.15) is 0 Å². The van der Waals surface area contributed by atoms with Gasteiger partial charge in [0.15, 0.2) is 0 Å². The molecule has 1 N–H and O–H groups in total. The van der Waals surface area contributed by atoms with E-state index in [1.807, 2.05) is 19.3 Å². The fraction of sp³-hybridized carbons (Fsp3) is 0.538. The summed E-state index contributed by atoms with van der Waals surface area (Å²) >= 11 is 0. The molecular formula is C13H20N4O. The van der Waals surface area contributed by atoms with Gasteiger partial charge in [-0.3, -0.25) is 4.68 Å². The van der Waals surface area contributed by atoms with E-state index < -0.39 is 0 Å². The summed E-state index contributed by atoms with van der Waals surface area (Å²) in [6, 6.07) is 2.28. The van der Waals surface area contributed by atoms with Crippen LogP contribution in [0.25, 0.3) is 0 Å². The zero-order valence-corrected chi connectivity index (χ0v) is 11.2. The maximum atomic E-state index is 5.50. The van der Waals surface area contributed by atoms with Crippen molar-refractivity contribution in [2.75, 3.05) is 6.54 Å². The molecule has 0 saturated heterocycles. The van der Waals surface area contributed by atoms with Crippen LogP contribution in [0, 0.1) is 0 Å². The Morgan fingerprint density at radius 2 is 2.28 bits per heavy atom. The molecule has 0 spiro atoms. The third kappa shape index (κ3) is 2.79. The largest absolute Gasteiger partial charge is 0.469 e. The predicted molar refractivity (Wildman–Crippen MR) is 69.2 cm³/mol. The Morgan fingerprint density at radius 3 is 2.89 bits per heavy atom. The van der Waals surface area contributed by atoms with Crippen LogP contribution in [0.5, 0.6) is 0 Å². The van der Waals surface area contributed by atoms with Crippen molar-refractivity contribution in [1.29, 1.82) is 0 Å². The molecule has 18 heavy (non-hydrogen) atoms. The first kappa shape index (κ1) is 12.8. The van der Waals surface area contributed by atoms with Crippen molar-refractivity contribution in [3.8, 4) is 0 Å². The summed E-state index contributed by atoms with van der Waals surface area (Å²) in [5, 5.41) is 11.6. The molecule has 0 radical (unpaired) electrons. The number of nitrogens with one attached hydrogen (secondary N) is 1. The highest BCUT2D eigenvalue weighted by molar-refractivity contribution is 5.23. The molecule has 2 aromatic heterocycles. The molecule has 0 aliphatic heterocycles. The summed E-state index contributed by atoms with van der Waals surface area (Å²) in [7, 11) is 1.88.